The van der Waals surface area contributed by atoms with Crippen LogP contribution in [0.15, 0.2) is 0 Å². The summed E-state index contributed by atoms with van der Waals surface area (Å²) in [5.41, 5.74) is -0.294. The van der Waals surface area contributed by atoms with Crippen molar-refractivity contribution in [3.63, 3.8) is 0 Å². The van der Waals surface area contributed by atoms with Crippen LogP contribution in [0.1, 0.15) is 41.5 Å². The van der Waals surface area contributed by atoms with E-state index in [1.54, 1.807) is 11.8 Å². The summed E-state index contributed by atoms with van der Waals surface area (Å²) in [4.78, 5) is 26.2. The molecule has 0 aromatic heterocycles. The number of carbonyl (C=O) groups is 2. The van der Waals surface area contributed by atoms with Crippen LogP contribution in [0, 0.1) is 11.3 Å². The van der Waals surface area contributed by atoms with E-state index in [9.17, 15) is 9.59 Å². The Morgan fingerprint density at radius 2 is 1.90 bits per heavy atom. The first-order valence-corrected chi connectivity index (χ1v) is 7.33. The molecule has 0 aliphatic carbocycles. The lowest BCUT2D eigenvalue weighted by molar-refractivity contribution is -0.154. The second kappa shape index (κ2) is 6.57. The van der Waals surface area contributed by atoms with Crippen LogP contribution >= 0.6 is 0 Å². The first kappa shape index (κ1) is 17.0. The first-order chi connectivity index (χ1) is 9.14. The average molecular weight is 284 g/mol. The Balaban J connectivity index is 2.74. The van der Waals surface area contributed by atoms with Gasteiger partial charge in [0, 0.05) is 13.2 Å². The lowest BCUT2D eigenvalue weighted by Gasteiger charge is -2.44. The molecule has 1 saturated heterocycles. The molecule has 0 saturated carbocycles. The van der Waals surface area contributed by atoms with Gasteiger partial charge in [-0.3, -0.25) is 9.59 Å². The van der Waals surface area contributed by atoms with Gasteiger partial charge in [0.15, 0.2) is 0 Å². The molecule has 5 heteroatoms. The van der Waals surface area contributed by atoms with Crippen LogP contribution in [0.4, 0.5) is 0 Å². The number of nitrogens with one attached hydrogen (secondary N) is 1. The van der Waals surface area contributed by atoms with Crippen LogP contribution in [0.5, 0.6) is 0 Å². The summed E-state index contributed by atoms with van der Waals surface area (Å²) < 4.78 is 5.55. The number of hydrogen-bond acceptors (Lipinski definition) is 3. The van der Waals surface area contributed by atoms with E-state index in [1.807, 2.05) is 20.8 Å². The van der Waals surface area contributed by atoms with Gasteiger partial charge in [0.25, 0.3) is 0 Å². The van der Waals surface area contributed by atoms with Gasteiger partial charge in [-0.1, -0.05) is 34.6 Å². The van der Waals surface area contributed by atoms with E-state index in [4.69, 9.17) is 4.74 Å². The number of amides is 2. The fourth-order valence-electron chi connectivity index (χ4n) is 2.45. The fraction of sp³-hybridized carbons (Fsp3) is 0.867. The molecule has 0 aromatic rings. The average Bonchev–Trinajstić information content (AvgIpc) is 2.28. The molecule has 2 amide bonds. The van der Waals surface area contributed by atoms with E-state index in [0.29, 0.717) is 25.7 Å². The highest BCUT2D eigenvalue weighted by atomic mass is 16.5. The van der Waals surface area contributed by atoms with Crippen molar-refractivity contribution >= 4 is 11.8 Å². The Morgan fingerprint density at radius 3 is 2.40 bits per heavy atom. The number of piperazine rings is 1. The summed E-state index contributed by atoms with van der Waals surface area (Å²) in [6.45, 7) is 13.4. The van der Waals surface area contributed by atoms with Crippen LogP contribution in [-0.4, -0.2) is 48.6 Å². The van der Waals surface area contributed by atoms with Gasteiger partial charge >= 0.3 is 0 Å². The molecule has 1 aliphatic heterocycles. The summed E-state index contributed by atoms with van der Waals surface area (Å²) in [6, 6.07) is -0.889. The van der Waals surface area contributed by atoms with Crippen molar-refractivity contribution in [2.45, 2.75) is 53.6 Å². The highest BCUT2D eigenvalue weighted by Crippen LogP contribution is 2.27. The third-order valence-corrected chi connectivity index (χ3v) is 3.32. The Morgan fingerprint density at radius 1 is 1.30 bits per heavy atom. The van der Waals surface area contributed by atoms with Crippen LogP contribution < -0.4 is 5.32 Å². The molecule has 5 nitrogen and oxygen atoms in total. The van der Waals surface area contributed by atoms with Crippen LogP contribution in [0.3, 0.4) is 0 Å². The van der Waals surface area contributed by atoms with Gasteiger partial charge < -0.3 is 15.0 Å². The van der Waals surface area contributed by atoms with E-state index in [2.05, 4.69) is 19.2 Å². The van der Waals surface area contributed by atoms with Gasteiger partial charge in [-0.05, 0) is 18.3 Å². The zero-order valence-corrected chi connectivity index (χ0v) is 13.5. The van der Waals surface area contributed by atoms with E-state index >= 15 is 0 Å². The number of nitrogens with zero attached hydrogens (tertiary/aromatic N) is 1. The molecule has 116 valence electrons. The third-order valence-electron chi connectivity index (χ3n) is 3.32. The Bertz CT molecular complexity index is 361. The number of rotatable bonds is 5. The molecule has 1 heterocycles. The van der Waals surface area contributed by atoms with Crippen molar-refractivity contribution in [1.29, 1.82) is 0 Å². The molecule has 1 N–H and O–H groups in total. The van der Waals surface area contributed by atoms with Gasteiger partial charge in [0.05, 0.1) is 6.61 Å². The SMILES string of the molecule is CC(C)COCCN1C(=O)C(C)NC(=O)C1C(C)(C)C. The number of carbonyl (C=O) groups excluding carboxylic acids is 2. The van der Waals surface area contributed by atoms with Gasteiger partial charge in [-0.15, -0.1) is 0 Å². The highest BCUT2D eigenvalue weighted by molar-refractivity contribution is 5.97. The third kappa shape index (κ3) is 4.20. The maximum Gasteiger partial charge on any atom is 0.245 e. The van der Waals surface area contributed by atoms with Crippen LogP contribution in [0.2, 0.25) is 0 Å². The lowest BCUT2D eigenvalue weighted by Crippen LogP contribution is -2.66. The molecular formula is C15H28N2O3. The summed E-state index contributed by atoms with van der Waals surface area (Å²) >= 11 is 0. The first-order valence-electron chi connectivity index (χ1n) is 7.33. The molecule has 2 unspecified atom stereocenters. The molecule has 2 atom stereocenters. The van der Waals surface area contributed by atoms with Crippen LogP contribution in [0.25, 0.3) is 0 Å². The van der Waals surface area contributed by atoms with Crippen molar-refractivity contribution in [3.8, 4) is 0 Å². The minimum absolute atomic E-state index is 0.0299. The van der Waals surface area contributed by atoms with Gasteiger partial charge in [-0.25, -0.2) is 0 Å². The maximum atomic E-state index is 12.3. The van der Waals surface area contributed by atoms with Crippen molar-refractivity contribution in [2.75, 3.05) is 19.8 Å². The Hall–Kier alpha value is -1.10. The minimum Gasteiger partial charge on any atom is -0.379 e. The van der Waals surface area contributed by atoms with Crippen molar-refractivity contribution < 1.29 is 14.3 Å². The van der Waals surface area contributed by atoms with E-state index in [0.717, 1.165) is 0 Å². The standard InChI is InChI=1S/C15H28N2O3/c1-10(2)9-20-8-7-17-12(15(4,5)6)13(18)16-11(3)14(17)19/h10-12H,7-9H2,1-6H3,(H,16,18). The summed E-state index contributed by atoms with van der Waals surface area (Å²) in [5, 5.41) is 2.75. The minimum atomic E-state index is -0.453. The molecule has 0 aromatic carbocycles. The summed E-state index contributed by atoms with van der Waals surface area (Å²) in [7, 11) is 0. The van der Waals surface area contributed by atoms with Crippen molar-refractivity contribution in [2.24, 2.45) is 11.3 Å². The molecule has 0 bridgehead atoms. The maximum absolute atomic E-state index is 12.3. The van der Waals surface area contributed by atoms with Gasteiger partial charge in [-0.2, -0.15) is 0 Å². The Labute approximate surface area is 122 Å². The van der Waals surface area contributed by atoms with Gasteiger partial charge in [0.1, 0.15) is 12.1 Å². The summed E-state index contributed by atoms with van der Waals surface area (Å²) in [5.74, 6) is 0.360. The topological polar surface area (TPSA) is 58.6 Å². The zero-order valence-electron chi connectivity index (χ0n) is 13.5. The second-order valence-electron chi connectivity index (χ2n) is 7.00. The zero-order chi connectivity index (χ0) is 15.5. The monoisotopic (exact) mass is 284 g/mol. The number of hydrogen-bond donors (Lipinski definition) is 1. The second-order valence-corrected chi connectivity index (χ2v) is 7.00. The predicted octanol–water partition coefficient (Wildman–Crippen LogP) is 1.42. The Kier molecular flexibility index (Phi) is 5.57. The predicted molar refractivity (Wildman–Crippen MR) is 78.2 cm³/mol. The summed E-state index contributed by atoms with van der Waals surface area (Å²) in [6.07, 6.45) is 0. The quantitative estimate of drug-likeness (QED) is 0.777. The molecule has 0 spiro atoms. The fourth-order valence-corrected chi connectivity index (χ4v) is 2.45. The smallest absolute Gasteiger partial charge is 0.245 e. The van der Waals surface area contributed by atoms with Gasteiger partial charge in [0.2, 0.25) is 11.8 Å². The van der Waals surface area contributed by atoms with E-state index in [1.165, 1.54) is 0 Å². The largest absolute Gasteiger partial charge is 0.379 e. The van der Waals surface area contributed by atoms with Crippen LogP contribution in [-0.2, 0) is 14.3 Å². The highest BCUT2D eigenvalue weighted by Gasteiger charge is 2.44. The molecular weight excluding hydrogens is 256 g/mol. The molecule has 0 radical (unpaired) electrons. The molecule has 20 heavy (non-hydrogen) atoms. The van der Waals surface area contributed by atoms with E-state index in [-0.39, 0.29) is 17.2 Å². The molecule has 1 rings (SSSR count). The van der Waals surface area contributed by atoms with Crippen molar-refractivity contribution in [3.05, 3.63) is 0 Å². The lowest BCUT2D eigenvalue weighted by atomic mass is 9.83. The van der Waals surface area contributed by atoms with E-state index < -0.39 is 12.1 Å². The molecule has 1 fully saturated rings. The van der Waals surface area contributed by atoms with Crippen molar-refractivity contribution in [1.82, 2.24) is 10.2 Å². The molecule has 1 aliphatic rings. The normalized spacial score (nSPS) is 24.2. The number of ether oxygens (including phenoxy) is 1.